The minimum absolute atomic E-state index is 0.123. The van der Waals surface area contributed by atoms with Crippen molar-refractivity contribution < 1.29 is 19.8 Å². The highest BCUT2D eigenvalue weighted by molar-refractivity contribution is 6.03. The van der Waals surface area contributed by atoms with Gasteiger partial charge >= 0.3 is 5.97 Å². The minimum atomic E-state index is -1.25. The summed E-state index contributed by atoms with van der Waals surface area (Å²) in [4.78, 5) is 30.4. The Morgan fingerprint density at radius 3 is 2.50 bits per heavy atom. The van der Waals surface area contributed by atoms with Gasteiger partial charge in [0.25, 0.3) is 5.91 Å². The first-order valence-electron chi connectivity index (χ1n) is 5.63. The molecule has 1 aromatic heterocycles. The van der Waals surface area contributed by atoms with Crippen LogP contribution in [0.25, 0.3) is 0 Å². The summed E-state index contributed by atoms with van der Waals surface area (Å²) in [5, 5.41) is 20.8. The number of amides is 1. The normalized spacial score (nSPS) is 10.1. The number of carbonyl (C=O) groups is 2. The van der Waals surface area contributed by atoms with Crippen LogP contribution in [0.5, 0.6) is 5.75 Å². The van der Waals surface area contributed by atoms with Crippen molar-refractivity contribution >= 4 is 17.6 Å². The van der Waals surface area contributed by atoms with Crippen LogP contribution in [0.2, 0.25) is 0 Å². The number of aromatic hydroxyl groups is 1. The fourth-order valence-electron chi connectivity index (χ4n) is 1.50. The smallest absolute Gasteiger partial charge is 0.339 e. The van der Waals surface area contributed by atoms with Crippen LogP contribution < -0.4 is 5.32 Å². The van der Waals surface area contributed by atoms with Gasteiger partial charge < -0.3 is 15.5 Å². The van der Waals surface area contributed by atoms with Crippen molar-refractivity contribution in [3.8, 4) is 5.75 Å². The van der Waals surface area contributed by atoms with Crippen LogP contribution in [0.15, 0.2) is 30.6 Å². The van der Waals surface area contributed by atoms with Crippen LogP contribution in [-0.2, 0) is 0 Å². The summed E-state index contributed by atoms with van der Waals surface area (Å²) in [6.07, 6.45) is 2.79. The second-order valence-corrected chi connectivity index (χ2v) is 4.03. The number of aromatic carboxylic acids is 1. The molecule has 0 aliphatic heterocycles. The number of carbonyl (C=O) groups excluding carboxylic acids is 1. The maximum Gasteiger partial charge on any atom is 0.339 e. The number of aryl methyl sites for hydroxylation is 1. The Balaban J connectivity index is 2.18. The Morgan fingerprint density at radius 2 is 1.95 bits per heavy atom. The van der Waals surface area contributed by atoms with Crippen LogP contribution >= 0.6 is 0 Å². The molecule has 1 heterocycles. The van der Waals surface area contributed by atoms with Gasteiger partial charge in [-0.1, -0.05) is 0 Å². The number of nitrogens with zero attached hydrogens (tertiary/aromatic N) is 2. The van der Waals surface area contributed by atoms with Gasteiger partial charge in [-0.15, -0.1) is 0 Å². The number of rotatable bonds is 3. The zero-order valence-electron chi connectivity index (χ0n) is 10.5. The molecule has 0 aliphatic carbocycles. The number of carboxylic acid groups (broad SMARTS) is 1. The lowest BCUT2D eigenvalue weighted by Crippen LogP contribution is -2.14. The van der Waals surface area contributed by atoms with E-state index < -0.39 is 17.6 Å². The Labute approximate surface area is 113 Å². The molecule has 0 unspecified atom stereocenters. The average Bonchev–Trinajstić information content (AvgIpc) is 2.39. The zero-order chi connectivity index (χ0) is 14.7. The molecule has 0 atom stereocenters. The van der Waals surface area contributed by atoms with Crippen LogP contribution in [0.3, 0.4) is 0 Å². The van der Waals surface area contributed by atoms with E-state index in [4.69, 9.17) is 5.11 Å². The van der Waals surface area contributed by atoms with Crippen molar-refractivity contribution in [3.05, 3.63) is 47.5 Å². The van der Waals surface area contributed by atoms with E-state index in [0.717, 1.165) is 6.07 Å². The fourth-order valence-corrected chi connectivity index (χ4v) is 1.50. The van der Waals surface area contributed by atoms with Crippen molar-refractivity contribution in [1.82, 2.24) is 9.97 Å². The van der Waals surface area contributed by atoms with Crippen molar-refractivity contribution in [1.29, 1.82) is 0 Å². The number of hydrogen-bond donors (Lipinski definition) is 3. The number of benzene rings is 1. The molecular weight excluding hydrogens is 262 g/mol. The van der Waals surface area contributed by atoms with Crippen LogP contribution in [0.1, 0.15) is 26.5 Å². The van der Waals surface area contributed by atoms with E-state index >= 15 is 0 Å². The Bertz CT molecular complexity index is 668. The largest absolute Gasteiger partial charge is 0.507 e. The molecule has 0 spiro atoms. The number of phenols is 1. The molecular formula is C13H11N3O4. The molecule has 0 radical (unpaired) electrons. The van der Waals surface area contributed by atoms with Gasteiger partial charge in [-0.3, -0.25) is 9.78 Å². The topological polar surface area (TPSA) is 112 Å². The number of nitrogens with one attached hydrogen (secondary N) is 1. The number of aromatic nitrogens is 2. The van der Waals surface area contributed by atoms with Gasteiger partial charge in [-0.25, -0.2) is 9.78 Å². The van der Waals surface area contributed by atoms with E-state index in [1.807, 2.05) is 0 Å². The first-order valence-corrected chi connectivity index (χ1v) is 5.63. The molecule has 0 saturated carbocycles. The molecule has 1 aromatic carbocycles. The Hall–Kier alpha value is -2.96. The lowest BCUT2D eigenvalue weighted by atomic mass is 10.2. The minimum Gasteiger partial charge on any atom is -0.507 e. The first kappa shape index (κ1) is 13.5. The van der Waals surface area contributed by atoms with Gasteiger partial charge in [0.1, 0.15) is 17.0 Å². The highest BCUT2D eigenvalue weighted by atomic mass is 16.4. The number of carboxylic acids is 1. The van der Waals surface area contributed by atoms with Crippen LogP contribution in [0.4, 0.5) is 5.69 Å². The van der Waals surface area contributed by atoms with Gasteiger partial charge in [0, 0.05) is 18.0 Å². The third kappa shape index (κ3) is 2.89. The van der Waals surface area contributed by atoms with E-state index in [0.29, 0.717) is 5.69 Å². The molecule has 7 heteroatoms. The maximum atomic E-state index is 11.8. The van der Waals surface area contributed by atoms with Gasteiger partial charge in [-0.05, 0) is 19.1 Å². The molecule has 102 valence electrons. The van der Waals surface area contributed by atoms with Gasteiger partial charge in [0.05, 0.1) is 11.9 Å². The summed E-state index contributed by atoms with van der Waals surface area (Å²) in [6.45, 7) is 1.75. The first-order chi connectivity index (χ1) is 9.47. The van der Waals surface area contributed by atoms with Gasteiger partial charge in [0.2, 0.25) is 0 Å². The second-order valence-electron chi connectivity index (χ2n) is 4.03. The molecule has 2 aromatic rings. The predicted molar refractivity (Wildman–Crippen MR) is 69.8 cm³/mol. The summed E-state index contributed by atoms with van der Waals surface area (Å²) in [5.74, 6) is -2.17. The van der Waals surface area contributed by atoms with Gasteiger partial charge in [0.15, 0.2) is 0 Å². The highest BCUT2D eigenvalue weighted by Crippen LogP contribution is 2.22. The monoisotopic (exact) mass is 273 g/mol. The summed E-state index contributed by atoms with van der Waals surface area (Å²) in [5.41, 5.74) is 0.834. The zero-order valence-corrected chi connectivity index (χ0v) is 10.5. The summed E-state index contributed by atoms with van der Waals surface area (Å²) in [6, 6.07) is 3.74. The molecule has 0 bridgehead atoms. The van der Waals surface area contributed by atoms with Crippen molar-refractivity contribution in [3.63, 3.8) is 0 Å². The van der Waals surface area contributed by atoms with Gasteiger partial charge in [-0.2, -0.15) is 0 Å². The van der Waals surface area contributed by atoms with E-state index in [1.54, 1.807) is 6.92 Å². The lowest BCUT2D eigenvalue weighted by molar-refractivity contribution is 0.0693. The van der Waals surface area contributed by atoms with Crippen LogP contribution in [-0.4, -0.2) is 32.1 Å². The standard InChI is InChI=1S/C13H11N3O4/c1-7-5-15-10(6-14-7)12(18)16-8-2-3-9(13(19)20)11(17)4-8/h2-6,17H,1H3,(H,16,18)(H,19,20). The number of hydrogen-bond acceptors (Lipinski definition) is 5. The molecule has 3 N–H and O–H groups in total. The molecule has 0 fully saturated rings. The average molecular weight is 273 g/mol. The van der Waals surface area contributed by atoms with E-state index in [-0.39, 0.29) is 16.9 Å². The predicted octanol–water partition coefficient (Wildman–Crippen LogP) is 1.44. The summed E-state index contributed by atoms with van der Waals surface area (Å²) in [7, 11) is 0. The van der Waals surface area contributed by atoms with E-state index in [9.17, 15) is 14.7 Å². The third-order valence-corrected chi connectivity index (χ3v) is 2.50. The van der Waals surface area contributed by atoms with E-state index in [2.05, 4.69) is 15.3 Å². The maximum absolute atomic E-state index is 11.8. The molecule has 0 saturated heterocycles. The molecule has 1 amide bonds. The molecule has 7 nitrogen and oxygen atoms in total. The molecule has 0 aliphatic rings. The summed E-state index contributed by atoms with van der Waals surface area (Å²) >= 11 is 0. The SMILES string of the molecule is Cc1cnc(C(=O)Nc2ccc(C(=O)O)c(O)c2)cn1. The highest BCUT2D eigenvalue weighted by Gasteiger charge is 2.12. The Morgan fingerprint density at radius 1 is 1.20 bits per heavy atom. The fraction of sp³-hybridized carbons (Fsp3) is 0.0769. The quantitative estimate of drug-likeness (QED) is 0.780. The van der Waals surface area contributed by atoms with Crippen molar-refractivity contribution in [2.24, 2.45) is 0 Å². The summed E-state index contributed by atoms with van der Waals surface area (Å²) < 4.78 is 0. The van der Waals surface area contributed by atoms with E-state index in [1.165, 1.54) is 24.5 Å². The van der Waals surface area contributed by atoms with Crippen molar-refractivity contribution in [2.45, 2.75) is 6.92 Å². The van der Waals surface area contributed by atoms with Crippen molar-refractivity contribution in [2.75, 3.05) is 5.32 Å². The Kier molecular flexibility index (Phi) is 3.60. The lowest BCUT2D eigenvalue weighted by Gasteiger charge is -2.06. The second kappa shape index (κ2) is 5.35. The third-order valence-electron chi connectivity index (χ3n) is 2.50. The van der Waals surface area contributed by atoms with Crippen LogP contribution in [0, 0.1) is 6.92 Å². The molecule has 2 rings (SSSR count). The molecule has 20 heavy (non-hydrogen) atoms. The number of anilines is 1.